The van der Waals surface area contributed by atoms with Crippen molar-refractivity contribution in [2.45, 2.75) is 13.8 Å². The van der Waals surface area contributed by atoms with E-state index in [1.54, 1.807) is 28.3 Å². The third-order valence-electron chi connectivity index (χ3n) is 5.27. The van der Waals surface area contributed by atoms with E-state index in [0.29, 0.717) is 35.5 Å². The second-order valence-electron chi connectivity index (χ2n) is 6.90. The summed E-state index contributed by atoms with van der Waals surface area (Å²) in [6.07, 6.45) is 1.78. The maximum Gasteiger partial charge on any atom is 0.270 e. The number of fused-ring (bicyclic) bond motifs is 2. The molecule has 0 bridgehead atoms. The predicted octanol–water partition coefficient (Wildman–Crippen LogP) is 1.27. The van der Waals surface area contributed by atoms with Gasteiger partial charge in [0.1, 0.15) is 17.0 Å². The van der Waals surface area contributed by atoms with E-state index in [-0.39, 0.29) is 11.5 Å². The summed E-state index contributed by atoms with van der Waals surface area (Å²) in [7, 11) is 1.80. The minimum atomic E-state index is -0.140. The highest BCUT2D eigenvalue weighted by atomic mass is 16.2. The lowest BCUT2D eigenvalue weighted by atomic mass is 10.2. The van der Waals surface area contributed by atoms with Crippen LogP contribution in [0, 0.1) is 6.92 Å². The lowest BCUT2D eigenvalue weighted by Gasteiger charge is -2.34. The van der Waals surface area contributed by atoms with Crippen LogP contribution in [0.4, 0.5) is 0 Å². The molecule has 1 amide bonds. The molecular formula is C19H23N5O2. The Labute approximate surface area is 151 Å². The van der Waals surface area contributed by atoms with E-state index in [9.17, 15) is 9.59 Å². The first-order valence-corrected chi connectivity index (χ1v) is 8.99. The Morgan fingerprint density at radius 3 is 2.62 bits per heavy atom. The normalized spacial score (nSPS) is 15.9. The van der Waals surface area contributed by atoms with Crippen molar-refractivity contribution in [2.24, 2.45) is 7.05 Å². The van der Waals surface area contributed by atoms with Gasteiger partial charge in [0.25, 0.3) is 11.5 Å². The average molecular weight is 353 g/mol. The molecule has 1 aliphatic rings. The van der Waals surface area contributed by atoms with E-state index in [1.807, 2.05) is 24.0 Å². The Morgan fingerprint density at radius 2 is 1.92 bits per heavy atom. The largest absolute Gasteiger partial charge is 0.335 e. The van der Waals surface area contributed by atoms with Gasteiger partial charge in [-0.25, -0.2) is 4.98 Å². The molecule has 0 unspecified atom stereocenters. The molecule has 0 aliphatic carbocycles. The fraction of sp³-hybridized carbons (Fsp3) is 0.421. The molecular weight excluding hydrogens is 330 g/mol. The van der Waals surface area contributed by atoms with Crippen LogP contribution in [0.25, 0.3) is 16.7 Å². The van der Waals surface area contributed by atoms with Crippen LogP contribution in [0.15, 0.2) is 29.2 Å². The third kappa shape index (κ3) is 2.59. The smallest absolute Gasteiger partial charge is 0.270 e. The number of hydrogen-bond acceptors (Lipinski definition) is 4. The first-order valence-electron chi connectivity index (χ1n) is 8.99. The maximum absolute atomic E-state index is 13.0. The van der Waals surface area contributed by atoms with Crippen molar-refractivity contribution >= 4 is 22.6 Å². The molecule has 0 N–H and O–H groups in total. The average Bonchev–Trinajstić information content (AvgIpc) is 2.99. The number of pyridine rings is 1. The number of aromatic nitrogens is 3. The summed E-state index contributed by atoms with van der Waals surface area (Å²) in [6.45, 7) is 8.26. The van der Waals surface area contributed by atoms with Crippen LogP contribution in [0.1, 0.15) is 23.0 Å². The molecule has 7 heteroatoms. The standard InChI is InChI=1S/C19H23N5O2/c1-4-22-7-9-23(10-8-22)19(26)15-11-14-17(21(15)3)20-16-6-5-13(2)12-24(16)18(14)25/h5-6,11-12H,4,7-10H2,1-3H3. The molecule has 0 spiro atoms. The molecule has 4 heterocycles. The topological polar surface area (TPSA) is 62.9 Å². The van der Waals surface area contributed by atoms with Gasteiger partial charge in [-0.1, -0.05) is 13.0 Å². The lowest BCUT2D eigenvalue weighted by molar-refractivity contribution is 0.0634. The lowest BCUT2D eigenvalue weighted by Crippen LogP contribution is -2.48. The van der Waals surface area contributed by atoms with Crippen LogP contribution < -0.4 is 5.56 Å². The molecule has 0 radical (unpaired) electrons. The van der Waals surface area contributed by atoms with Gasteiger partial charge in [-0.15, -0.1) is 0 Å². The van der Waals surface area contributed by atoms with Gasteiger partial charge in [0.2, 0.25) is 0 Å². The zero-order valence-corrected chi connectivity index (χ0v) is 15.4. The summed E-state index contributed by atoms with van der Waals surface area (Å²) in [4.78, 5) is 34.6. The molecule has 0 aromatic carbocycles. The van der Waals surface area contributed by atoms with Crippen LogP contribution in [-0.4, -0.2) is 62.4 Å². The van der Waals surface area contributed by atoms with Gasteiger partial charge in [0.05, 0.1) is 5.39 Å². The van der Waals surface area contributed by atoms with Gasteiger partial charge >= 0.3 is 0 Å². The zero-order chi connectivity index (χ0) is 18.4. The second-order valence-corrected chi connectivity index (χ2v) is 6.90. The van der Waals surface area contributed by atoms with Crippen molar-refractivity contribution in [2.75, 3.05) is 32.7 Å². The number of hydrogen-bond donors (Lipinski definition) is 0. The molecule has 4 rings (SSSR count). The summed E-state index contributed by atoms with van der Waals surface area (Å²) < 4.78 is 3.29. The Bertz CT molecular complexity index is 1060. The van der Waals surface area contributed by atoms with Crippen LogP contribution >= 0.6 is 0 Å². The summed E-state index contributed by atoms with van der Waals surface area (Å²) in [6, 6.07) is 5.44. The number of aryl methyl sites for hydroxylation is 2. The van der Waals surface area contributed by atoms with Gasteiger partial charge in [0, 0.05) is 39.4 Å². The van der Waals surface area contributed by atoms with Gasteiger partial charge in [-0.3, -0.25) is 14.0 Å². The highest BCUT2D eigenvalue weighted by Crippen LogP contribution is 2.17. The molecule has 1 fully saturated rings. The predicted molar refractivity (Wildman–Crippen MR) is 101 cm³/mol. The summed E-state index contributed by atoms with van der Waals surface area (Å²) in [5.41, 5.74) is 2.50. The van der Waals surface area contributed by atoms with E-state index in [0.717, 1.165) is 25.2 Å². The number of piperazine rings is 1. The van der Waals surface area contributed by atoms with Crippen molar-refractivity contribution in [3.8, 4) is 0 Å². The maximum atomic E-state index is 13.0. The Morgan fingerprint density at radius 1 is 1.19 bits per heavy atom. The molecule has 7 nitrogen and oxygen atoms in total. The molecule has 1 aliphatic heterocycles. The first-order chi connectivity index (χ1) is 12.5. The van der Waals surface area contributed by atoms with Crippen molar-refractivity contribution in [1.82, 2.24) is 23.8 Å². The van der Waals surface area contributed by atoms with Gasteiger partial charge < -0.3 is 14.4 Å². The highest BCUT2D eigenvalue weighted by molar-refractivity contribution is 5.98. The van der Waals surface area contributed by atoms with E-state index in [1.165, 1.54) is 0 Å². The second kappa shape index (κ2) is 6.25. The van der Waals surface area contributed by atoms with E-state index >= 15 is 0 Å². The molecule has 0 saturated carbocycles. The Kier molecular flexibility index (Phi) is 4.03. The zero-order valence-electron chi connectivity index (χ0n) is 15.4. The number of carbonyl (C=O) groups excluding carboxylic acids is 1. The number of nitrogens with zero attached hydrogens (tertiary/aromatic N) is 5. The number of amides is 1. The fourth-order valence-corrected chi connectivity index (χ4v) is 3.61. The Balaban J connectivity index is 1.78. The van der Waals surface area contributed by atoms with Gasteiger partial charge in [-0.2, -0.15) is 0 Å². The van der Waals surface area contributed by atoms with Crippen LogP contribution in [0.2, 0.25) is 0 Å². The summed E-state index contributed by atoms with van der Waals surface area (Å²) in [5, 5.41) is 0.478. The quantitative estimate of drug-likeness (QED) is 0.696. The highest BCUT2D eigenvalue weighted by Gasteiger charge is 2.25. The van der Waals surface area contributed by atoms with Crippen molar-refractivity contribution in [3.63, 3.8) is 0 Å². The van der Waals surface area contributed by atoms with E-state index in [2.05, 4.69) is 16.8 Å². The SMILES string of the molecule is CCN1CCN(C(=O)c2cc3c(=O)n4cc(C)ccc4nc3n2C)CC1. The fourth-order valence-electron chi connectivity index (χ4n) is 3.61. The van der Waals surface area contributed by atoms with Crippen molar-refractivity contribution in [3.05, 3.63) is 46.0 Å². The number of likely N-dealkylation sites (N-methyl/N-ethyl adjacent to an activating group) is 1. The van der Waals surface area contributed by atoms with Crippen molar-refractivity contribution in [1.29, 1.82) is 0 Å². The van der Waals surface area contributed by atoms with Crippen LogP contribution in [0.5, 0.6) is 0 Å². The minimum Gasteiger partial charge on any atom is -0.335 e. The number of carbonyl (C=O) groups is 1. The molecule has 3 aromatic heterocycles. The minimum absolute atomic E-state index is 0.0362. The Hall–Kier alpha value is -2.67. The van der Waals surface area contributed by atoms with Gasteiger partial charge in [0.15, 0.2) is 0 Å². The molecule has 1 saturated heterocycles. The van der Waals surface area contributed by atoms with Crippen LogP contribution in [0.3, 0.4) is 0 Å². The molecule has 26 heavy (non-hydrogen) atoms. The monoisotopic (exact) mass is 353 g/mol. The molecule has 3 aromatic rings. The number of rotatable bonds is 2. The van der Waals surface area contributed by atoms with E-state index < -0.39 is 0 Å². The first kappa shape index (κ1) is 16.8. The summed E-state index contributed by atoms with van der Waals surface area (Å²) >= 11 is 0. The molecule has 136 valence electrons. The van der Waals surface area contributed by atoms with E-state index in [4.69, 9.17) is 0 Å². The van der Waals surface area contributed by atoms with Crippen LogP contribution in [-0.2, 0) is 7.05 Å². The van der Waals surface area contributed by atoms with Gasteiger partial charge in [-0.05, 0) is 31.2 Å². The third-order valence-corrected chi connectivity index (χ3v) is 5.27. The van der Waals surface area contributed by atoms with Crippen molar-refractivity contribution < 1.29 is 4.79 Å². The molecule has 0 atom stereocenters. The summed E-state index contributed by atoms with van der Waals surface area (Å²) in [5.74, 6) is -0.0362.